The van der Waals surface area contributed by atoms with E-state index in [1.807, 2.05) is 0 Å². The third-order valence-corrected chi connectivity index (χ3v) is 5.63. The van der Waals surface area contributed by atoms with Gasteiger partial charge in [0.1, 0.15) is 0 Å². The molecule has 1 heterocycles. The number of carbonyl (C=O) groups excluding carboxylic acids is 2. The van der Waals surface area contributed by atoms with Crippen LogP contribution in [0.1, 0.15) is 41.5 Å². The molecule has 0 saturated carbocycles. The van der Waals surface area contributed by atoms with E-state index < -0.39 is 47.3 Å². The van der Waals surface area contributed by atoms with Gasteiger partial charge >= 0.3 is 6.18 Å². The van der Waals surface area contributed by atoms with Crippen LogP contribution in [0.4, 0.5) is 27.8 Å². The van der Waals surface area contributed by atoms with Gasteiger partial charge in [-0.15, -0.1) is 5.10 Å². The molecule has 9 nitrogen and oxygen atoms in total. The number of fused-ring (bicyclic) bond motifs is 1. The zero-order valence-corrected chi connectivity index (χ0v) is 21.4. The Balaban J connectivity index is 2.09. The highest BCUT2D eigenvalue weighted by Gasteiger charge is 2.32. The third kappa shape index (κ3) is 6.95. The van der Waals surface area contributed by atoms with E-state index in [9.17, 15) is 31.5 Å². The summed E-state index contributed by atoms with van der Waals surface area (Å²) in [5, 5.41) is 9.39. The van der Waals surface area contributed by atoms with Crippen molar-refractivity contribution in [3.05, 3.63) is 59.2 Å². The van der Waals surface area contributed by atoms with Crippen molar-refractivity contribution in [2.45, 2.75) is 39.0 Å². The van der Waals surface area contributed by atoms with Gasteiger partial charge in [0.25, 0.3) is 11.8 Å². The molecule has 0 aliphatic heterocycles. The van der Waals surface area contributed by atoms with Gasteiger partial charge in [-0.1, -0.05) is 13.8 Å². The number of hydrogen-bond donors (Lipinski definition) is 3. The monoisotopic (exact) mass is 554 g/mol. The van der Waals surface area contributed by atoms with Crippen LogP contribution < -0.4 is 16.4 Å². The third-order valence-electron chi connectivity index (χ3n) is 5.63. The summed E-state index contributed by atoms with van der Waals surface area (Å²) in [5.74, 6) is -4.70. The predicted molar refractivity (Wildman–Crippen MR) is 134 cm³/mol. The van der Waals surface area contributed by atoms with E-state index in [1.54, 1.807) is 20.8 Å². The summed E-state index contributed by atoms with van der Waals surface area (Å²) >= 11 is 0. The lowest BCUT2D eigenvalue weighted by atomic mass is 10.0. The number of aromatic nitrogens is 2. The lowest BCUT2D eigenvalue weighted by Gasteiger charge is -2.14. The molecule has 0 radical (unpaired) electrons. The minimum absolute atomic E-state index is 0.0986. The summed E-state index contributed by atoms with van der Waals surface area (Å²) in [5.41, 5.74) is 4.55. The summed E-state index contributed by atoms with van der Waals surface area (Å²) in [6, 6.07) is 3.61. The average Bonchev–Trinajstić information content (AvgIpc) is 3.21. The van der Waals surface area contributed by atoms with Gasteiger partial charge < -0.3 is 15.8 Å². The number of nitrogens with two attached hydrogens (primary N) is 1. The Morgan fingerprint density at radius 3 is 2.38 bits per heavy atom. The van der Waals surface area contributed by atoms with E-state index in [0.717, 1.165) is 35.0 Å². The number of nitrogens with zero attached hydrogens (tertiary/aromatic N) is 3. The second-order valence-corrected chi connectivity index (χ2v) is 9.09. The number of carbonyl (C=O) groups is 2. The molecular weight excluding hydrogens is 527 g/mol. The molecule has 3 rings (SSSR count). The first-order chi connectivity index (χ1) is 18.2. The molecule has 0 aliphatic carbocycles. The van der Waals surface area contributed by atoms with Crippen LogP contribution in [0.15, 0.2) is 41.4 Å². The number of rotatable bonds is 7. The minimum Gasteiger partial charge on any atom is -0.382 e. The van der Waals surface area contributed by atoms with Gasteiger partial charge in [-0.3, -0.25) is 14.9 Å². The molecule has 39 heavy (non-hydrogen) atoms. The molecule has 3 aromatic rings. The Labute approximate surface area is 220 Å². The molecule has 0 spiro atoms. The Bertz CT molecular complexity index is 1400. The fraction of sp³-hybridized carbons (Fsp3) is 0.360. The number of guanidine groups is 1. The number of aliphatic imine (C=N–C) groups is 1. The number of methoxy groups -OCH3 is 1. The quantitative estimate of drug-likeness (QED) is 0.229. The molecule has 0 aliphatic rings. The number of nitrogens with one attached hydrogen (secondary N) is 2. The molecule has 1 unspecified atom stereocenters. The van der Waals surface area contributed by atoms with Crippen LogP contribution >= 0.6 is 0 Å². The molecule has 2 atom stereocenters. The maximum Gasteiger partial charge on any atom is 0.416 e. The highest BCUT2D eigenvalue weighted by atomic mass is 19.4. The summed E-state index contributed by atoms with van der Waals surface area (Å²) in [7, 11) is 1.43. The van der Waals surface area contributed by atoms with Crippen molar-refractivity contribution in [1.29, 1.82) is 0 Å². The van der Waals surface area contributed by atoms with Gasteiger partial charge in [-0.25, -0.2) is 13.8 Å². The Kier molecular flexibility index (Phi) is 9.02. The molecule has 0 bridgehead atoms. The van der Waals surface area contributed by atoms with Crippen LogP contribution in [0.25, 0.3) is 10.9 Å². The second-order valence-electron chi connectivity index (χ2n) is 9.09. The van der Waals surface area contributed by atoms with E-state index in [1.165, 1.54) is 7.11 Å². The predicted octanol–water partition coefficient (Wildman–Crippen LogP) is 4.19. The highest BCUT2D eigenvalue weighted by molar-refractivity contribution is 6.12. The topological polar surface area (TPSA) is 124 Å². The highest BCUT2D eigenvalue weighted by Crippen LogP contribution is 2.33. The van der Waals surface area contributed by atoms with E-state index in [4.69, 9.17) is 10.5 Å². The van der Waals surface area contributed by atoms with Gasteiger partial charge in [0.2, 0.25) is 5.96 Å². The van der Waals surface area contributed by atoms with E-state index in [-0.39, 0.29) is 40.8 Å². The zero-order chi connectivity index (χ0) is 29.1. The zero-order valence-electron chi connectivity index (χ0n) is 21.4. The van der Waals surface area contributed by atoms with Crippen LogP contribution in [0, 0.1) is 17.6 Å². The first kappa shape index (κ1) is 29.6. The summed E-state index contributed by atoms with van der Waals surface area (Å²) in [6.45, 7) is 5.11. The van der Waals surface area contributed by atoms with Crippen molar-refractivity contribution in [2.75, 3.05) is 19.0 Å². The lowest BCUT2D eigenvalue weighted by Crippen LogP contribution is -2.40. The number of ether oxygens (including phenoxy) is 1. The molecule has 1 amide bonds. The van der Waals surface area contributed by atoms with E-state index >= 15 is 0 Å². The number of hydrogen-bond acceptors (Lipinski definition) is 6. The normalized spacial score (nSPS) is 14.0. The summed E-state index contributed by atoms with van der Waals surface area (Å²) < 4.78 is 73.1. The van der Waals surface area contributed by atoms with E-state index in [2.05, 4.69) is 20.7 Å². The Hall–Kier alpha value is -3.91. The van der Waals surface area contributed by atoms with Gasteiger partial charge in [0, 0.05) is 18.1 Å². The van der Waals surface area contributed by atoms with Crippen molar-refractivity contribution in [1.82, 2.24) is 15.1 Å². The van der Waals surface area contributed by atoms with Crippen molar-refractivity contribution in [2.24, 2.45) is 16.6 Å². The fourth-order valence-electron chi connectivity index (χ4n) is 3.50. The molecule has 14 heteroatoms. The van der Waals surface area contributed by atoms with E-state index in [0.29, 0.717) is 6.07 Å². The second kappa shape index (κ2) is 11.9. The molecule has 210 valence electrons. The van der Waals surface area contributed by atoms with Gasteiger partial charge in [0.05, 0.1) is 29.8 Å². The number of halogens is 5. The number of alkyl halides is 3. The largest absolute Gasteiger partial charge is 0.416 e. The molecule has 0 fully saturated rings. The molecular formula is C25H27F5N6O3. The first-order valence-corrected chi connectivity index (χ1v) is 11.7. The molecule has 1 aromatic heterocycles. The van der Waals surface area contributed by atoms with Crippen molar-refractivity contribution in [3.8, 4) is 0 Å². The number of amides is 1. The number of benzene rings is 2. The van der Waals surface area contributed by atoms with Crippen LogP contribution in [-0.4, -0.2) is 53.4 Å². The average molecular weight is 555 g/mol. The molecule has 0 saturated heterocycles. The van der Waals surface area contributed by atoms with Gasteiger partial charge in [0.15, 0.2) is 17.5 Å². The first-order valence-electron chi connectivity index (χ1n) is 11.7. The van der Waals surface area contributed by atoms with Crippen LogP contribution in [0.2, 0.25) is 0 Å². The maximum atomic E-state index is 13.7. The molecule has 4 N–H and O–H groups in total. The van der Waals surface area contributed by atoms with Crippen molar-refractivity contribution < 1.29 is 36.3 Å². The SMILES string of the molecule is COC[C@H](C)N=C(NC(=O)c1ccc(F)c(F)c1)Nc1nn(C(=O)C(N)C(C)C)c2cc(C(F)(F)F)ccc12. The molecule has 2 aromatic carbocycles. The smallest absolute Gasteiger partial charge is 0.382 e. The van der Waals surface area contributed by atoms with Crippen LogP contribution in [0.3, 0.4) is 0 Å². The fourth-order valence-corrected chi connectivity index (χ4v) is 3.50. The Morgan fingerprint density at radius 1 is 1.10 bits per heavy atom. The maximum absolute atomic E-state index is 13.7. The lowest BCUT2D eigenvalue weighted by molar-refractivity contribution is -0.137. The van der Waals surface area contributed by atoms with Crippen LogP contribution in [-0.2, 0) is 10.9 Å². The standard InChI is InChI=1S/C25H27F5N6O3/c1-12(2)20(31)23(38)36-19-10-15(25(28,29)30)6-7-16(19)21(35-36)33-24(32-13(3)11-39-4)34-22(37)14-5-8-17(26)18(27)9-14/h5-10,12-13,20H,11,31H2,1-4H3,(H2,32,33,34,35,37)/t13-,20?/m0/s1. The van der Waals surface area contributed by atoms with Gasteiger partial charge in [-0.2, -0.15) is 17.9 Å². The number of anilines is 1. The van der Waals surface area contributed by atoms with Crippen LogP contribution in [0.5, 0.6) is 0 Å². The summed E-state index contributed by atoms with van der Waals surface area (Å²) in [4.78, 5) is 30.1. The Morgan fingerprint density at radius 2 is 1.79 bits per heavy atom. The summed E-state index contributed by atoms with van der Waals surface area (Å²) in [6.07, 6.45) is -4.69. The minimum atomic E-state index is -4.69. The van der Waals surface area contributed by atoms with Crippen molar-refractivity contribution >= 4 is 34.5 Å². The van der Waals surface area contributed by atoms with Crippen molar-refractivity contribution in [3.63, 3.8) is 0 Å². The van der Waals surface area contributed by atoms with Gasteiger partial charge in [-0.05, 0) is 49.2 Å².